The molecule has 0 fully saturated rings. The first-order valence-electron chi connectivity index (χ1n) is 8.07. The van der Waals surface area contributed by atoms with Crippen LogP contribution < -0.4 is 0 Å². The Kier molecular flexibility index (Phi) is 5.80. The summed E-state index contributed by atoms with van der Waals surface area (Å²) in [5.41, 5.74) is 4.75. The molecular weight excluding hydrogens is 328 g/mol. The quantitative estimate of drug-likeness (QED) is 0.474. The lowest BCUT2D eigenvalue weighted by Crippen LogP contribution is -1.92. The van der Waals surface area contributed by atoms with E-state index in [9.17, 15) is 0 Å². The first kappa shape index (κ1) is 17.2. The van der Waals surface area contributed by atoms with E-state index >= 15 is 0 Å². The fourth-order valence-corrected chi connectivity index (χ4v) is 3.05. The van der Waals surface area contributed by atoms with Gasteiger partial charge in [0.25, 0.3) is 0 Å². The molecule has 0 aliphatic rings. The van der Waals surface area contributed by atoms with Crippen molar-refractivity contribution in [3.8, 4) is 0 Å². The lowest BCUT2D eigenvalue weighted by molar-refractivity contribution is 0.766. The molecule has 3 rings (SSSR count). The lowest BCUT2D eigenvalue weighted by Gasteiger charge is -2.02. The van der Waals surface area contributed by atoms with E-state index in [0.717, 1.165) is 22.0 Å². The van der Waals surface area contributed by atoms with Gasteiger partial charge < -0.3 is 0 Å². The zero-order valence-corrected chi connectivity index (χ0v) is 15.1. The molecule has 4 nitrogen and oxygen atoms in total. The van der Waals surface area contributed by atoms with Crippen molar-refractivity contribution in [3.63, 3.8) is 0 Å². The highest BCUT2D eigenvalue weighted by molar-refractivity contribution is 7.98. The standard InChI is InChI=1S/C20H20N4S/c1-16-8-10-19(11-9-16)14-25-20-23-21-15-24(20)22-13-17(2)12-18-6-4-3-5-7-18/h3-13,15H,14H2,1-2H3/b17-12-,22-13+. The van der Waals surface area contributed by atoms with Gasteiger partial charge in [-0.3, -0.25) is 0 Å². The van der Waals surface area contributed by atoms with Crippen LogP contribution in [-0.4, -0.2) is 21.1 Å². The van der Waals surface area contributed by atoms with Crippen LogP contribution >= 0.6 is 11.8 Å². The van der Waals surface area contributed by atoms with E-state index < -0.39 is 0 Å². The number of rotatable bonds is 6. The van der Waals surface area contributed by atoms with E-state index in [1.807, 2.05) is 31.3 Å². The molecule has 0 atom stereocenters. The maximum atomic E-state index is 4.47. The summed E-state index contributed by atoms with van der Waals surface area (Å²) in [6.07, 6.45) is 5.54. The molecule has 0 saturated carbocycles. The number of aryl methyl sites for hydroxylation is 1. The molecule has 0 spiro atoms. The van der Waals surface area contributed by atoms with E-state index in [1.165, 1.54) is 11.1 Å². The topological polar surface area (TPSA) is 43.1 Å². The van der Waals surface area contributed by atoms with Gasteiger partial charge in [0.15, 0.2) is 0 Å². The fourth-order valence-electron chi connectivity index (χ4n) is 2.23. The number of aromatic nitrogens is 3. The molecule has 1 heterocycles. The third-order valence-corrected chi connectivity index (χ3v) is 4.57. The molecule has 0 radical (unpaired) electrons. The average Bonchev–Trinajstić information content (AvgIpc) is 3.08. The van der Waals surface area contributed by atoms with Crippen molar-refractivity contribution in [1.82, 2.24) is 14.9 Å². The monoisotopic (exact) mass is 348 g/mol. The van der Waals surface area contributed by atoms with Crippen LogP contribution in [0.25, 0.3) is 6.08 Å². The third-order valence-electron chi connectivity index (χ3n) is 3.57. The normalized spacial score (nSPS) is 12.0. The highest BCUT2D eigenvalue weighted by Crippen LogP contribution is 2.20. The molecule has 2 aromatic carbocycles. The Labute approximate surface area is 152 Å². The van der Waals surface area contributed by atoms with Crippen LogP contribution in [0.4, 0.5) is 0 Å². The maximum Gasteiger partial charge on any atom is 0.212 e. The number of benzene rings is 2. The molecule has 1 aromatic heterocycles. The summed E-state index contributed by atoms with van der Waals surface area (Å²) in [5, 5.41) is 13.4. The molecule has 0 aliphatic heterocycles. The Hall–Kier alpha value is -2.66. The molecule has 126 valence electrons. The molecule has 25 heavy (non-hydrogen) atoms. The van der Waals surface area contributed by atoms with Gasteiger partial charge in [-0.15, -0.1) is 10.2 Å². The molecule has 0 aliphatic carbocycles. The van der Waals surface area contributed by atoms with Gasteiger partial charge in [-0.05, 0) is 30.5 Å². The van der Waals surface area contributed by atoms with E-state index in [-0.39, 0.29) is 0 Å². The van der Waals surface area contributed by atoms with Gasteiger partial charge >= 0.3 is 0 Å². The summed E-state index contributed by atoms with van der Waals surface area (Å²) in [4.78, 5) is 0. The van der Waals surface area contributed by atoms with Gasteiger partial charge in [0.1, 0.15) is 6.33 Å². The van der Waals surface area contributed by atoms with Gasteiger partial charge in [-0.2, -0.15) is 9.78 Å². The number of hydrogen-bond acceptors (Lipinski definition) is 4. The van der Waals surface area contributed by atoms with Gasteiger partial charge in [0.05, 0.1) is 6.21 Å². The van der Waals surface area contributed by atoms with E-state index in [1.54, 1.807) is 22.8 Å². The third kappa shape index (κ3) is 5.16. The molecule has 0 saturated heterocycles. The van der Waals surface area contributed by atoms with Crippen LogP contribution in [0, 0.1) is 6.92 Å². The highest BCUT2D eigenvalue weighted by atomic mass is 32.2. The molecule has 0 bridgehead atoms. The van der Waals surface area contributed by atoms with Crippen molar-refractivity contribution < 1.29 is 0 Å². The van der Waals surface area contributed by atoms with Gasteiger partial charge in [-0.1, -0.05) is 78.0 Å². The van der Waals surface area contributed by atoms with E-state index in [0.29, 0.717) is 0 Å². The second-order valence-corrected chi connectivity index (χ2v) is 6.72. The van der Waals surface area contributed by atoms with Crippen LogP contribution in [-0.2, 0) is 5.75 Å². The van der Waals surface area contributed by atoms with E-state index in [2.05, 4.69) is 64.7 Å². The Bertz CT molecular complexity index is 864. The van der Waals surface area contributed by atoms with Crippen molar-refractivity contribution in [2.45, 2.75) is 24.8 Å². The largest absolute Gasteiger partial charge is 0.212 e. The Morgan fingerprint density at radius 2 is 1.88 bits per heavy atom. The molecular formula is C20H20N4S. The zero-order valence-electron chi connectivity index (χ0n) is 14.3. The average molecular weight is 348 g/mol. The Morgan fingerprint density at radius 3 is 2.64 bits per heavy atom. The number of allylic oxidation sites excluding steroid dienone is 1. The SMILES string of the molecule is CC(=C/c1ccccc1)/C=N/n1cnnc1SCc1ccc(C)cc1. The van der Waals surface area contributed by atoms with Crippen LogP contribution in [0.1, 0.15) is 23.6 Å². The number of nitrogens with zero attached hydrogens (tertiary/aromatic N) is 4. The molecule has 3 aromatic rings. The van der Waals surface area contributed by atoms with Crippen molar-refractivity contribution in [3.05, 3.63) is 83.2 Å². The van der Waals surface area contributed by atoms with Crippen molar-refractivity contribution in [2.75, 3.05) is 0 Å². The maximum absolute atomic E-state index is 4.47. The first-order valence-corrected chi connectivity index (χ1v) is 9.05. The van der Waals surface area contributed by atoms with Crippen molar-refractivity contribution >= 4 is 24.1 Å². The fraction of sp³-hybridized carbons (Fsp3) is 0.150. The van der Waals surface area contributed by atoms with Gasteiger partial charge in [-0.25, -0.2) is 0 Å². The van der Waals surface area contributed by atoms with Gasteiger partial charge in [0.2, 0.25) is 5.16 Å². The van der Waals surface area contributed by atoms with Crippen molar-refractivity contribution in [1.29, 1.82) is 0 Å². The minimum Gasteiger partial charge on any atom is -0.195 e. The van der Waals surface area contributed by atoms with Crippen LogP contribution in [0.5, 0.6) is 0 Å². The second kappa shape index (κ2) is 8.44. The Morgan fingerprint density at radius 1 is 1.12 bits per heavy atom. The summed E-state index contributed by atoms with van der Waals surface area (Å²) in [6.45, 7) is 4.12. The van der Waals surface area contributed by atoms with Crippen LogP contribution in [0.2, 0.25) is 0 Å². The van der Waals surface area contributed by atoms with Crippen molar-refractivity contribution in [2.24, 2.45) is 5.10 Å². The molecule has 0 amide bonds. The molecule has 0 N–H and O–H groups in total. The van der Waals surface area contributed by atoms with E-state index in [4.69, 9.17) is 0 Å². The Balaban J connectivity index is 1.65. The summed E-state index contributed by atoms with van der Waals surface area (Å²) in [7, 11) is 0. The number of hydrogen-bond donors (Lipinski definition) is 0. The van der Waals surface area contributed by atoms with Gasteiger partial charge in [0, 0.05) is 5.75 Å². The highest BCUT2D eigenvalue weighted by Gasteiger charge is 2.04. The zero-order chi connectivity index (χ0) is 17.5. The summed E-state index contributed by atoms with van der Waals surface area (Å²) in [6, 6.07) is 18.7. The smallest absolute Gasteiger partial charge is 0.195 e. The lowest BCUT2D eigenvalue weighted by atomic mass is 10.1. The predicted octanol–water partition coefficient (Wildman–Crippen LogP) is 4.82. The number of thioether (sulfide) groups is 1. The minimum absolute atomic E-state index is 0.782. The molecule has 0 unspecified atom stereocenters. The second-order valence-electron chi connectivity index (χ2n) is 5.78. The molecule has 5 heteroatoms. The summed E-state index contributed by atoms with van der Waals surface area (Å²) >= 11 is 1.62. The predicted molar refractivity (Wildman–Crippen MR) is 105 cm³/mol. The minimum atomic E-state index is 0.782. The van der Waals surface area contributed by atoms with Crippen LogP contribution in [0.3, 0.4) is 0 Å². The summed E-state index contributed by atoms with van der Waals surface area (Å²) < 4.78 is 1.71. The summed E-state index contributed by atoms with van der Waals surface area (Å²) in [5.74, 6) is 0.841. The first-order chi connectivity index (χ1) is 12.2. The van der Waals surface area contributed by atoms with Crippen LogP contribution in [0.15, 0.2) is 76.8 Å².